The van der Waals surface area contributed by atoms with Gasteiger partial charge in [-0.25, -0.2) is 13.1 Å². The summed E-state index contributed by atoms with van der Waals surface area (Å²) in [5.74, 6) is 0.575. The first-order valence-corrected chi connectivity index (χ1v) is 10.4. The fourth-order valence-corrected chi connectivity index (χ4v) is 3.17. The Morgan fingerprint density at radius 2 is 1.81 bits per heavy atom. The first-order chi connectivity index (χ1) is 12.6. The number of nitrogens with one attached hydrogen (secondary N) is 3. The van der Waals surface area contributed by atoms with Gasteiger partial charge in [0, 0.05) is 38.6 Å². The van der Waals surface area contributed by atoms with Crippen LogP contribution >= 0.6 is 0 Å². The highest BCUT2D eigenvalue weighted by Gasteiger charge is 2.09. The number of benzene rings is 1. The molecule has 142 valence electrons. The van der Waals surface area contributed by atoms with Crippen LogP contribution in [0.5, 0.6) is 0 Å². The minimum Gasteiger partial charge on any atom is -0.357 e. The molecule has 2 rings (SSSR count). The largest absolute Gasteiger partial charge is 0.357 e. The summed E-state index contributed by atoms with van der Waals surface area (Å²) in [5, 5.41) is 6.33. The molecule has 0 saturated heterocycles. The SMILES string of the molecule is CCNC(=NCCS(=O)(=O)NCc1ccccc1)NCCn1cccc1. The van der Waals surface area contributed by atoms with E-state index in [2.05, 4.69) is 24.9 Å². The number of guanidine groups is 1. The quantitative estimate of drug-likeness (QED) is 0.428. The molecule has 8 heteroatoms. The number of nitrogens with zero attached hydrogens (tertiary/aromatic N) is 2. The molecule has 0 aliphatic heterocycles. The van der Waals surface area contributed by atoms with E-state index < -0.39 is 10.0 Å². The van der Waals surface area contributed by atoms with Gasteiger partial charge in [0.2, 0.25) is 10.0 Å². The molecule has 1 heterocycles. The maximum Gasteiger partial charge on any atom is 0.213 e. The highest BCUT2D eigenvalue weighted by Crippen LogP contribution is 1.98. The van der Waals surface area contributed by atoms with Crippen molar-refractivity contribution in [3.8, 4) is 0 Å². The second kappa shape index (κ2) is 10.6. The molecule has 0 bridgehead atoms. The Morgan fingerprint density at radius 3 is 2.50 bits per heavy atom. The molecule has 0 spiro atoms. The van der Waals surface area contributed by atoms with Crippen molar-refractivity contribution in [3.05, 3.63) is 60.4 Å². The Labute approximate surface area is 155 Å². The number of rotatable bonds is 10. The first-order valence-electron chi connectivity index (χ1n) is 8.73. The van der Waals surface area contributed by atoms with Gasteiger partial charge in [-0.05, 0) is 24.6 Å². The molecular formula is C18H27N5O2S. The Bertz CT molecular complexity index is 758. The van der Waals surface area contributed by atoms with Crippen LogP contribution in [0.25, 0.3) is 0 Å². The molecule has 0 saturated carbocycles. The molecule has 1 aromatic heterocycles. The van der Waals surface area contributed by atoms with E-state index in [4.69, 9.17) is 0 Å². The standard InChI is InChI=1S/C18H27N5O2S/c1-2-19-18(20-10-14-23-12-6-7-13-23)21-11-15-26(24,25)22-16-17-8-4-3-5-9-17/h3-9,12-13,22H,2,10-11,14-16H2,1H3,(H2,19,20,21). The van der Waals surface area contributed by atoms with E-state index in [0.717, 1.165) is 12.1 Å². The zero-order valence-corrected chi connectivity index (χ0v) is 15.9. The van der Waals surface area contributed by atoms with Crippen LogP contribution in [-0.2, 0) is 23.1 Å². The maximum atomic E-state index is 12.1. The lowest BCUT2D eigenvalue weighted by Gasteiger charge is -2.12. The lowest BCUT2D eigenvalue weighted by atomic mass is 10.2. The van der Waals surface area contributed by atoms with Gasteiger partial charge in [-0.1, -0.05) is 30.3 Å². The average Bonchev–Trinajstić information content (AvgIpc) is 3.14. The van der Waals surface area contributed by atoms with Crippen molar-refractivity contribution >= 4 is 16.0 Å². The Balaban J connectivity index is 1.76. The molecule has 0 aliphatic carbocycles. The molecule has 0 aliphatic rings. The minimum absolute atomic E-state index is 0.0476. The summed E-state index contributed by atoms with van der Waals surface area (Å²) in [7, 11) is -3.36. The summed E-state index contributed by atoms with van der Waals surface area (Å²) in [6.07, 6.45) is 3.99. The Kier molecular flexibility index (Phi) is 8.17. The van der Waals surface area contributed by atoms with E-state index in [-0.39, 0.29) is 12.3 Å². The summed E-state index contributed by atoms with van der Waals surface area (Å²) < 4.78 is 28.8. The van der Waals surface area contributed by atoms with E-state index in [9.17, 15) is 8.42 Å². The zero-order valence-electron chi connectivity index (χ0n) is 15.1. The first kappa shape index (κ1) is 20.0. The lowest BCUT2D eigenvalue weighted by molar-refractivity contribution is 0.581. The summed E-state index contributed by atoms with van der Waals surface area (Å²) in [5.41, 5.74) is 0.930. The van der Waals surface area contributed by atoms with Gasteiger partial charge in [0.15, 0.2) is 5.96 Å². The molecule has 26 heavy (non-hydrogen) atoms. The number of sulfonamides is 1. The van der Waals surface area contributed by atoms with Crippen molar-refractivity contribution in [2.24, 2.45) is 4.99 Å². The maximum absolute atomic E-state index is 12.1. The van der Waals surface area contributed by atoms with Crippen molar-refractivity contribution in [3.63, 3.8) is 0 Å². The number of hydrogen-bond acceptors (Lipinski definition) is 3. The molecule has 0 unspecified atom stereocenters. The van der Waals surface area contributed by atoms with Crippen LogP contribution in [0.15, 0.2) is 59.9 Å². The van der Waals surface area contributed by atoms with Crippen molar-refractivity contribution in [1.82, 2.24) is 19.9 Å². The predicted octanol–water partition coefficient (Wildman–Crippen LogP) is 1.16. The van der Waals surface area contributed by atoms with Gasteiger partial charge in [0.25, 0.3) is 0 Å². The monoisotopic (exact) mass is 377 g/mol. The molecular weight excluding hydrogens is 350 g/mol. The van der Waals surface area contributed by atoms with Crippen molar-refractivity contribution < 1.29 is 8.42 Å². The second-order valence-corrected chi connectivity index (χ2v) is 7.66. The number of aromatic nitrogens is 1. The molecule has 3 N–H and O–H groups in total. The van der Waals surface area contributed by atoms with Gasteiger partial charge in [0.05, 0.1) is 12.3 Å². The van der Waals surface area contributed by atoms with E-state index in [0.29, 0.717) is 25.6 Å². The predicted molar refractivity (Wildman–Crippen MR) is 105 cm³/mol. The topological polar surface area (TPSA) is 87.5 Å². The summed E-state index contributed by atoms with van der Waals surface area (Å²) in [6.45, 7) is 4.70. The fourth-order valence-electron chi connectivity index (χ4n) is 2.30. The van der Waals surface area contributed by atoms with Crippen LogP contribution in [0.4, 0.5) is 0 Å². The summed E-state index contributed by atoms with van der Waals surface area (Å²) in [6, 6.07) is 13.4. The molecule has 7 nitrogen and oxygen atoms in total. The van der Waals surface area contributed by atoms with Crippen LogP contribution in [0.3, 0.4) is 0 Å². The summed E-state index contributed by atoms with van der Waals surface area (Å²) >= 11 is 0. The highest BCUT2D eigenvalue weighted by atomic mass is 32.2. The van der Waals surface area contributed by atoms with E-state index in [1.807, 2.05) is 61.8 Å². The van der Waals surface area contributed by atoms with Crippen LogP contribution in [-0.4, -0.2) is 44.3 Å². The molecule has 2 aromatic rings. The van der Waals surface area contributed by atoms with Gasteiger partial charge in [-0.2, -0.15) is 0 Å². The van der Waals surface area contributed by atoms with Gasteiger partial charge in [0.1, 0.15) is 0 Å². The number of hydrogen-bond donors (Lipinski definition) is 3. The van der Waals surface area contributed by atoms with Gasteiger partial charge in [-0.3, -0.25) is 4.99 Å². The molecule has 1 aromatic carbocycles. The summed E-state index contributed by atoms with van der Waals surface area (Å²) in [4.78, 5) is 4.34. The third kappa shape index (κ3) is 7.71. The molecule has 0 radical (unpaired) electrons. The third-order valence-corrected chi connectivity index (χ3v) is 4.95. The normalized spacial score (nSPS) is 12.1. The molecule has 0 atom stereocenters. The third-order valence-electron chi connectivity index (χ3n) is 3.64. The minimum atomic E-state index is -3.36. The van der Waals surface area contributed by atoms with Crippen molar-refractivity contribution in [2.45, 2.75) is 20.0 Å². The smallest absolute Gasteiger partial charge is 0.213 e. The zero-order chi connectivity index (χ0) is 18.7. The van der Waals surface area contributed by atoms with E-state index >= 15 is 0 Å². The molecule has 0 amide bonds. The average molecular weight is 378 g/mol. The van der Waals surface area contributed by atoms with Crippen LogP contribution in [0.2, 0.25) is 0 Å². The van der Waals surface area contributed by atoms with Crippen LogP contribution in [0.1, 0.15) is 12.5 Å². The Hall–Kier alpha value is -2.32. The van der Waals surface area contributed by atoms with Crippen LogP contribution in [0, 0.1) is 0 Å². The number of aliphatic imine (C=N–C) groups is 1. The van der Waals surface area contributed by atoms with E-state index in [1.165, 1.54) is 0 Å². The lowest BCUT2D eigenvalue weighted by Crippen LogP contribution is -2.39. The van der Waals surface area contributed by atoms with Crippen molar-refractivity contribution in [1.29, 1.82) is 0 Å². The van der Waals surface area contributed by atoms with Crippen LogP contribution < -0.4 is 15.4 Å². The molecule has 0 fully saturated rings. The fraction of sp³-hybridized carbons (Fsp3) is 0.389. The van der Waals surface area contributed by atoms with Gasteiger partial charge < -0.3 is 15.2 Å². The van der Waals surface area contributed by atoms with Gasteiger partial charge in [-0.15, -0.1) is 0 Å². The van der Waals surface area contributed by atoms with Gasteiger partial charge >= 0.3 is 0 Å². The highest BCUT2D eigenvalue weighted by molar-refractivity contribution is 7.89. The Morgan fingerprint density at radius 1 is 1.08 bits per heavy atom. The second-order valence-electron chi connectivity index (χ2n) is 5.73. The van der Waals surface area contributed by atoms with Crippen molar-refractivity contribution in [2.75, 3.05) is 25.4 Å². The van der Waals surface area contributed by atoms with E-state index in [1.54, 1.807) is 0 Å².